The van der Waals surface area contributed by atoms with E-state index in [2.05, 4.69) is 15.4 Å². The van der Waals surface area contributed by atoms with Crippen molar-refractivity contribution in [2.24, 2.45) is 0 Å². The monoisotopic (exact) mass is 216 g/mol. The van der Waals surface area contributed by atoms with Crippen LogP contribution >= 0.6 is 0 Å². The van der Waals surface area contributed by atoms with Crippen molar-refractivity contribution in [2.45, 2.75) is 18.9 Å². The van der Waals surface area contributed by atoms with Gasteiger partial charge in [-0.1, -0.05) is 0 Å². The molecule has 82 valence electrons. The van der Waals surface area contributed by atoms with E-state index in [1.807, 2.05) is 18.5 Å². The van der Waals surface area contributed by atoms with Gasteiger partial charge < -0.3 is 5.32 Å². The largest absolute Gasteiger partial charge is 0.309 e. The lowest BCUT2D eigenvalue weighted by atomic mass is 9.99. The van der Waals surface area contributed by atoms with Gasteiger partial charge in [0, 0.05) is 49.5 Å². The zero-order chi connectivity index (χ0) is 11.0. The predicted octanol–water partition coefficient (Wildman–Crippen LogP) is 0.723. The SMILES string of the molecule is O=C1CCNC(c2cnc3ccnn3c2)C1. The molecule has 1 aliphatic rings. The van der Waals surface area contributed by atoms with Crippen molar-refractivity contribution < 1.29 is 4.79 Å². The summed E-state index contributed by atoms with van der Waals surface area (Å²) in [5, 5.41) is 7.46. The van der Waals surface area contributed by atoms with Crippen LogP contribution in [0.4, 0.5) is 0 Å². The van der Waals surface area contributed by atoms with E-state index in [0.717, 1.165) is 17.8 Å². The van der Waals surface area contributed by atoms with Crippen LogP contribution in [0.3, 0.4) is 0 Å². The summed E-state index contributed by atoms with van der Waals surface area (Å²) in [6.45, 7) is 0.751. The molecule has 5 nitrogen and oxygen atoms in total. The number of carbonyl (C=O) groups excluding carboxylic acids is 1. The van der Waals surface area contributed by atoms with Crippen molar-refractivity contribution in [1.29, 1.82) is 0 Å². The van der Waals surface area contributed by atoms with E-state index in [0.29, 0.717) is 18.6 Å². The molecule has 1 atom stereocenters. The van der Waals surface area contributed by atoms with Crippen LogP contribution in [0.15, 0.2) is 24.7 Å². The number of fused-ring (bicyclic) bond motifs is 1. The highest BCUT2D eigenvalue weighted by Gasteiger charge is 2.20. The Morgan fingerprint density at radius 2 is 2.44 bits per heavy atom. The number of aromatic nitrogens is 3. The zero-order valence-electron chi connectivity index (χ0n) is 8.76. The number of Topliss-reactive ketones (excluding diaryl/α,β-unsaturated/α-hetero) is 1. The number of hydrogen-bond donors (Lipinski definition) is 1. The van der Waals surface area contributed by atoms with E-state index in [1.165, 1.54) is 0 Å². The van der Waals surface area contributed by atoms with Crippen molar-refractivity contribution in [2.75, 3.05) is 6.54 Å². The molecule has 1 N–H and O–H groups in total. The van der Waals surface area contributed by atoms with Crippen LogP contribution in [0, 0.1) is 0 Å². The molecule has 16 heavy (non-hydrogen) atoms. The van der Waals surface area contributed by atoms with Gasteiger partial charge in [-0.15, -0.1) is 0 Å². The molecule has 1 saturated heterocycles. The zero-order valence-corrected chi connectivity index (χ0v) is 8.76. The van der Waals surface area contributed by atoms with Gasteiger partial charge in [0.25, 0.3) is 0 Å². The number of piperidine rings is 1. The molecule has 5 heteroatoms. The summed E-state index contributed by atoms with van der Waals surface area (Å²) in [5.41, 5.74) is 1.84. The topological polar surface area (TPSA) is 59.3 Å². The molecule has 0 aliphatic carbocycles. The van der Waals surface area contributed by atoms with Crippen LogP contribution in [-0.2, 0) is 4.79 Å². The molecule has 1 fully saturated rings. The summed E-state index contributed by atoms with van der Waals surface area (Å²) in [6.07, 6.45) is 6.64. The van der Waals surface area contributed by atoms with E-state index in [-0.39, 0.29) is 6.04 Å². The van der Waals surface area contributed by atoms with Crippen molar-refractivity contribution in [3.8, 4) is 0 Å². The Bertz CT molecular complexity index is 534. The number of ketones is 1. The molecule has 3 rings (SSSR count). The fourth-order valence-corrected chi connectivity index (χ4v) is 2.03. The Kier molecular flexibility index (Phi) is 2.18. The summed E-state index contributed by atoms with van der Waals surface area (Å²) in [4.78, 5) is 15.7. The fourth-order valence-electron chi connectivity index (χ4n) is 2.03. The van der Waals surface area contributed by atoms with Crippen molar-refractivity contribution in [1.82, 2.24) is 19.9 Å². The van der Waals surface area contributed by atoms with E-state index >= 15 is 0 Å². The first-order valence-electron chi connectivity index (χ1n) is 5.37. The summed E-state index contributed by atoms with van der Waals surface area (Å²) < 4.78 is 1.73. The Hall–Kier alpha value is -1.75. The Morgan fingerprint density at radius 3 is 3.31 bits per heavy atom. The van der Waals surface area contributed by atoms with Gasteiger partial charge in [0.15, 0.2) is 5.65 Å². The number of nitrogens with one attached hydrogen (secondary N) is 1. The fraction of sp³-hybridized carbons (Fsp3) is 0.364. The second-order valence-electron chi connectivity index (χ2n) is 4.02. The molecule has 2 aromatic heterocycles. The Labute approximate surface area is 92.5 Å². The molecule has 0 amide bonds. The Balaban J connectivity index is 1.95. The molecule has 1 unspecified atom stereocenters. The Morgan fingerprint density at radius 1 is 1.50 bits per heavy atom. The molecular weight excluding hydrogens is 204 g/mol. The van der Waals surface area contributed by atoms with E-state index < -0.39 is 0 Å². The quantitative estimate of drug-likeness (QED) is 0.763. The molecule has 0 spiro atoms. The summed E-state index contributed by atoms with van der Waals surface area (Å²) in [5.74, 6) is 0.310. The van der Waals surface area contributed by atoms with E-state index in [9.17, 15) is 4.79 Å². The van der Waals surface area contributed by atoms with Gasteiger partial charge in [-0.3, -0.25) is 4.79 Å². The minimum absolute atomic E-state index is 0.0855. The summed E-state index contributed by atoms with van der Waals surface area (Å²) in [6, 6.07) is 1.94. The van der Waals surface area contributed by atoms with Gasteiger partial charge in [0.2, 0.25) is 0 Å². The minimum atomic E-state index is 0.0855. The molecule has 0 aromatic carbocycles. The molecular formula is C11H12N4O. The van der Waals surface area contributed by atoms with Crippen LogP contribution in [-0.4, -0.2) is 26.9 Å². The van der Waals surface area contributed by atoms with Gasteiger partial charge in [-0.2, -0.15) is 5.10 Å². The molecule has 1 aliphatic heterocycles. The third-order valence-corrected chi connectivity index (χ3v) is 2.90. The number of hydrogen-bond acceptors (Lipinski definition) is 4. The lowest BCUT2D eigenvalue weighted by molar-refractivity contribution is -0.120. The lowest BCUT2D eigenvalue weighted by Gasteiger charge is -2.22. The van der Waals surface area contributed by atoms with Crippen molar-refractivity contribution in [3.63, 3.8) is 0 Å². The van der Waals surface area contributed by atoms with E-state index in [4.69, 9.17) is 0 Å². The predicted molar refractivity (Wildman–Crippen MR) is 58.0 cm³/mol. The van der Waals surface area contributed by atoms with Crippen molar-refractivity contribution >= 4 is 11.4 Å². The van der Waals surface area contributed by atoms with Gasteiger partial charge >= 0.3 is 0 Å². The average Bonchev–Trinajstić information content (AvgIpc) is 2.75. The van der Waals surface area contributed by atoms with Gasteiger partial charge in [-0.25, -0.2) is 9.50 Å². The number of rotatable bonds is 1. The standard InChI is InChI=1S/C11H12N4O/c16-9-1-3-12-10(5-9)8-6-13-11-2-4-14-15(11)7-8/h2,4,6-7,10,12H,1,3,5H2. The first-order valence-corrected chi connectivity index (χ1v) is 5.37. The van der Waals surface area contributed by atoms with Crippen LogP contribution < -0.4 is 5.32 Å². The molecule has 0 radical (unpaired) electrons. The molecule has 0 saturated carbocycles. The average molecular weight is 216 g/mol. The van der Waals surface area contributed by atoms with Crippen LogP contribution in [0.2, 0.25) is 0 Å². The third-order valence-electron chi connectivity index (χ3n) is 2.90. The molecule has 3 heterocycles. The van der Waals surface area contributed by atoms with Gasteiger partial charge in [0.05, 0.1) is 6.20 Å². The second-order valence-corrected chi connectivity index (χ2v) is 4.02. The lowest BCUT2D eigenvalue weighted by Crippen LogP contribution is -2.32. The van der Waals surface area contributed by atoms with E-state index in [1.54, 1.807) is 10.7 Å². The highest BCUT2D eigenvalue weighted by Crippen LogP contribution is 2.20. The summed E-state index contributed by atoms with van der Waals surface area (Å²) >= 11 is 0. The van der Waals surface area contributed by atoms with Crippen LogP contribution in [0.1, 0.15) is 24.4 Å². The first-order chi connectivity index (χ1) is 7.83. The summed E-state index contributed by atoms with van der Waals surface area (Å²) in [7, 11) is 0. The van der Waals surface area contributed by atoms with Gasteiger partial charge in [0.1, 0.15) is 5.78 Å². The highest BCUT2D eigenvalue weighted by atomic mass is 16.1. The highest BCUT2D eigenvalue weighted by molar-refractivity contribution is 5.80. The number of nitrogens with zero attached hydrogens (tertiary/aromatic N) is 3. The smallest absolute Gasteiger partial charge is 0.154 e. The van der Waals surface area contributed by atoms with Crippen molar-refractivity contribution in [3.05, 3.63) is 30.2 Å². The number of carbonyl (C=O) groups is 1. The molecule has 0 bridgehead atoms. The second kappa shape index (κ2) is 3.68. The van der Waals surface area contributed by atoms with Crippen LogP contribution in [0.5, 0.6) is 0 Å². The maximum atomic E-state index is 11.4. The molecule has 2 aromatic rings. The first kappa shape index (κ1) is 9.47. The normalized spacial score (nSPS) is 21.5. The van der Waals surface area contributed by atoms with Crippen LogP contribution in [0.25, 0.3) is 5.65 Å². The third kappa shape index (κ3) is 1.59. The maximum absolute atomic E-state index is 11.4. The van der Waals surface area contributed by atoms with Gasteiger partial charge in [-0.05, 0) is 0 Å². The maximum Gasteiger partial charge on any atom is 0.154 e. The minimum Gasteiger partial charge on any atom is -0.309 e.